The summed E-state index contributed by atoms with van der Waals surface area (Å²) in [5, 5.41) is -0.0823. The van der Waals surface area contributed by atoms with Gasteiger partial charge in [0.1, 0.15) is 5.82 Å². The number of nitrogens with zero attached hydrogens (tertiary/aromatic N) is 2. The maximum atomic E-state index is 6.37. The van der Waals surface area contributed by atoms with E-state index in [0.717, 1.165) is 43.9 Å². The Kier molecular flexibility index (Phi) is 3.98. The molecule has 1 aromatic heterocycles. The highest BCUT2D eigenvalue weighted by molar-refractivity contribution is 6.20. The number of hydrogen-bond acceptors (Lipinski definition) is 2. The van der Waals surface area contributed by atoms with Gasteiger partial charge in [0, 0.05) is 19.8 Å². The summed E-state index contributed by atoms with van der Waals surface area (Å²) >= 11 is 6.37. The standard InChI is InChI=1S/C17H23ClN2O/c1-12-4-5-15-14(10-12)19-16(13(2)18)20(15)11-17(3)6-8-21-9-7-17/h4-5,10,13H,6-9,11H2,1-3H3. The third kappa shape index (κ3) is 2.95. The molecule has 0 saturated carbocycles. The van der Waals surface area contributed by atoms with Gasteiger partial charge in [0.05, 0.1) is 16.4 Å². The van der Waals surface area contributed by atoms with Crippen molar-refractivity contribution in [1.82, 2.24) is 9.55 Å². The second kappa shape index (κ2) is 5.62. The normalized spacial score (nSPS) is 19.8. The van der Waals surface area contributed by atoms with Gasteiger partial charge in [-0.2, -0.15) is 0 Å². The molecule has 1 aromatic carbocycles. The fourth-order valence-electron chi connectivity index (χ4n) is 3.13. The van der Waals surface area contributed by atoms with E-state index in [1.807, 2.05) is 6.92 Å². The number of fused-ring (bicyclic) bond motifs is 1. The Hall–Kier alpha value is -1.06. The predicted molar refractivity (Wildman–Crippen MR) is 86.9 cm³/mol. The quantitative estimate of drug-likeness (QED) is 0.783. The van der Waals surface area contributed by atoms with Crippen LogP contribution >= 0.6 is 11.6 Å². The van der Waals surface area contributed by atoms with E-state index in [1.54, 1.807) is 0 Å². The Balaban J connectivity index is 2.04. The molecule has 0 radical (unpaired) electrons. The average Bonchev–Trinajstić information content (AvgIpc) is 2.77. The number of halogens is 1. The number of alkyl halides is 1. The fraction of sp³-hybridized carbons (Fsp3) is 0.588. The first-order valence-corrected chi connectivity index (χ1v) is 8.11. The van der Waals surface area contributed by atoms with Crippen molar-refractivity contribution in [1.29, 1.82) is 0 Å². The fourth-order valence-corrected chi connectivity index (χ4v) is 3.30. The number of ether oxygens (including phenoxy) is 1. The summed E-state index contributed by atoms with van der Waals surface area (Å²) in [4.78, 5) is 4.77. The molecule has 1 saturated heterocycles. The minimum absolute atomic E-state index is 0.0823. The maximum Gasteiger partial charge on any atom is 0.127 e. The third-order valence-electron chi connectivity index (χ3n) is 4.53. The van der Waals surface area contributed by atoms with E-state index in [9.17, 15) is 0 Å². The van der Waals surface area contributed by atoms with Crippen molar-refractivity contribution < 1.29 is 4.74 Å². The van der Waals surface area contributed by atoms with Gasteiger partial charge in [-0.05, 0) is 49.8 Å². The molecule has 3 rings (SSSR count). The second-order valence-electron chi connectivity index (χ2n) is 6.59. The number of aromatic nitrogens is 2. The van der Waals surface area contributed by atoms with Gasteiger partial charge in [0.2, 0.25) is 0 Å². The summed E-state index contributed by atoms with van der Waals surface area (Å²) in [6.45, 7) is 9.11. The van der Waals surface area contributed by atoms with Crippen molar-refractivity contribution in [2.24, 2.45) is 5.41 Å². The Labute approximate surface area is 131 Å². The van der Waals surface area contributed by atoms with E-state index in [1.165, 1.54) is 11.1 Å². The minimum Gasteiger partial charge on any atom is -0.381 e. The second-order valence-corrected chi connectivity index (χ2v) is 7.24. The first kappa shape index (κ1) is 14.9. The molecule has 1 aliphatic rings. The van der Waals surface area contributed by atoms with E-state index in [2.05, 4.69) is 36.6 Å². The molecule has 0 aliphatic carbocycles. The van der Waals surface area contributed by atoms with E-state index in [0.29, 0.717) is 0 Å². The van der Waals surface area contributed by atoms with Crippen LogP contribution in [0.5, 0.6) is 0 Å². The third-order valence-corrected chi connectivity index (χ3v) is 4.72. The predicted octanol–water partition coefficient (Wildman–Crippen LogP) is 4.46. The van der Waals surface area contributed by atoms with E-state index >= 15 is 0 Å². The highest BCUT2D eigenvalue weighted by atomic mass is 35.5. The molecular formula is C17H23ClN2O. The van der Waals surface area contributed by atoms with Crippen molar-refractivity contribution in [2.75, 3.05) is 13.2 Å². The van der Waals surface area contributed by atoms with Crippen molar-refractivity contribution in [3.05, 3.63) is 29.6 Å². The molecule has 1 fully saturated rings. The highest BCUT2D eigenvalue weighted by Gasteiger charge is 2.30. The Morgan fingerprint density at radius 2 is 2.10 bits per heavy atom. The summed E-state index contributed by atoms with van der Waals surface area (Å²) in [6.07, 6.45) is 2.18. The van der Waals surface area contributed by atoms with Crippen LogP contribution in [0.1, 0.15) is 43.5 Å². The largest absolute Gasteiger partial charge is 0.381 e. The van der Waals surface area contributed by atoms with Gasteiger partial charge in [-0.15, -0.1) is 11.6 Å². The molecule has 3 nitrogen and oxygen atoms in total. The number of benzene rings is 1. The summed E-state index contributed by atoms with van der Waals surface area (Å²) in [5.74, 6) is 0.977. The smallest absolute Gasteiger partial charge is 0.127 e. The van der Waals surface area contributed by atoms with Gasteiger partial charge in [-0.25, -0.2) is 4.98 Å². The van der Waals surface area contributed by atoms with Crippen LogP contribution in [0.3, 0.4) is 0 Å². The summed E-state index contributed by atoms with van der Waals surface area (Å²) in [7, 11) is 0. The zero-order valence-electron chi connectivity index (χ0n) is 13.0. The molecule has 1 aliphatic heterocycles. The first-order chi connectivity index (χ1) is 9.98. The topological polar surface area (TPSA) is 27.1 Å². The van der Waals surface area contributed by atoms with Gasteiger partial charge in [-0.3, -0.25) is 0 Å². The van der Waals surface area contributed by atoms with E-state index < -0.39 is 0 Å². The zero-order chi connectivity index (χ0) is 15.0. The van der Waals surface area contributed by atoms with Crippen LogP contribution in [-0.4, -0.2) is 22.8 Å². The van der Waals surface area contributed by atoms with Gasteiger partial charge >= 0.3 is 0 Å². The van der Waals surface area contributed by atoms with Crippen LogP contribution in [-0.2, 0) is 11.3 Å². The average molecular weight is 307 g/mol. The molecular weight excluding hydrogens is 284 g/mol. The summed E-state index contributed by atoms with van der Waals surface area (Å²) in [5.41, 5.74) is 3.74. The molecule has 114 valence electrons. The van der Waals surface area contributed by atoms with Crippen LogP contribution in [0.15, 0.2) is 18.2 Å². The van der Waals surface area contributed by atoms with Gasteiger partial charge in [-0.1, -0.05) is 13.0 Å². The van der Waals surface area contributed by atoms with Gasteiger partial charge < -0.3 is 9.30 Å². The minimum atomic E-state index is -0.0823. The zero-order valence-corrected chi connectivity index (χ0v) is 13.8. The Morgan fingerprint density at radius 1 is 1.38 bits per heavy atom. The Morgan fingerprint density at radius 3 is 2.76 bits per heavy atom. The monoisotopic (exact) mass is 306 g/mol. The lowest BCUT2D eigenvalue weighted by molar-refractivity contribution is 0.0157. The molecule has 21 heavy (non-hydrogen) atoms. The lowest BCUT2D eigenvalue weighted by Gasteiger charge is -2.34. The maximum absolute atomic E-state index is 6.37. The van der Waals surface area contributed by atoms with Crippen molar-refractivity contribution in [3.8, 4) is 0 Å². The Bertz CT molecular complexity index is 642. The molecule has 0 N–H and O–H groups in total. The molecule has 2 aromatic rings. The van der Waals surface area contributed by atoms with Crippen molar-refractivity contribution >= 4 is 22.6 Å². The summed E-state index contributed by atoms with van der Waals surface area (Å²) < 4.78 is 7.83. The highest BCUT2D eigenvalue weighted by Crippen LogP contribution is 2.35. The van der Waals surface area contributed by atoms with Crippen LogP contribution in [0, 0.1) is 12.3 Å². The molecule has 1 unspecified atom stereocenters. The van der Waals surface area contributed by atoms with Gasteiger partial charge in [0.25, 0.3) is 0 Å². The van der Waals surface area contributed by atoms with Crippen LogP contribution < -0.4 is 0 Å². The molecule has 0 bridgehead atoms. The number of hydrogen-bond donors (Lipinski definition) is 0. The molecule has 0 amide bonds. The van der Waals surface area contributed by atoms with Crippen LogP contribution in [0.2, 0.25) is 0 Å². The van der Waals surface area contributed by atoms with Crippen molar-refractivity contribution in [3.63, 3.8) is 0 Å². The molecule has 2 heterocycles. The molecule has 1 atom stereocenters. The first-order valence-electron chi connectivity index (χ1n) is 7.67. The lowest BCUT2D eigenvalue weighted by Crippen LogP contribution is -2.31. The van der Waals surface area contributed by atoms with Crippen LogP contribution in [0.25, 0.3) is 11.0 Å². The number of rotatable bonds is 3. The lowest BCUT2D eigenvalue weighted by atomic mass is 9.82. The van der Waals surface area contributed by atoms with E-state index in [-0.39, 0.29) is 10.8 Å². The van der Waals surface area contributed by atoms with Gasteiger partial charge in [0.15, 0.2) is 0 Å². The molecule has 4 heteroatoms. The number of aryl methyl sites for hydroxylation is 1. The SMILES string of the molecule is Cc1ccc2c(c1)nc(C(C)Cl)n2CC1(C)CCOCC1. The van der Waals surface area contributed by atoms with E-state index in [4.69, 9.17) is 21.3 Å². The van der Waals surface area contributed by atoms with Crippen LogP contribution in [0.4, 0.5) is 0 Å². The number of imidazole rings is 1. The molecule has 0 spiro atoms. The van der Waals surface area contributed by atoms with Crippen molar-refractivity contribution in [2.45, 2.75) is 45.5 Å². The summed E-state index contributed by atoms with van der Waals surface area (Å²) in [6, 6.07) is 6.46.